The number of benzene rings is 1. The van der Waals surface area contributed by atoms with Gasteiger partial charge in [0.15, 0.2) is 0 Å². The molecule has 1 saturated heterocycles. The van der Waals surface area contributed by atoms with Crippen molar-refractivity contribution in [3.05, 3.63) is 32.7 Å². The Morgan fingerprint density at radius 3 is 2.39 bits per heavy atom. The van der Waals surface area contributed by atoms with Crippen LogP contribution in [0.5, 0.6) is 0 Å². The molecular weight excluding hydrogens is 366 g/mol. The Kier molecular flexibility index (Phi) is 4.07. The first-order chi connectivity index (χ1) is 8.49. The second-order valence-corrected chi connectivity index (χ2v) is 5.98. The van der Waals surface area contributed by atoms with E-state index >= 15 is 0 Å². The molecule has 0 aromatic heterocycles. The van der Waals surface area contributed by atoms with Gasteiger partial charge in [-0.2, -0.15) is 0 Å². The molecule has 2 rings (SSSR count). The number of rotatable bonds is 2. The Bertz CT molecular complexity index is 484. The van der Waals surface area contributed by atoms with Gasteiger partial charge >= 0.3 is 5.97 Å². The molecule has 0 spiro atoms. The monoisotopic (exact) mass is 375 g/mol. The Morgan fingerprint density at radius 2 is 1.83 bits per heavy atom. The fraction of sp³-hybridized carbons (Fsp3) is 0.333. The first kappa shape index (κ1) is 13.5. The highest BCUT2D eigenvalue weighted by molar-refractivity contribution is 9.11. The van der Waals surface area contributed by atoms with E-state index in [2.05, 4.69) is 31.9 Å². The minimum absolute atomic E-state index is 0.234. The van der Waals surface area contributed by atoms with Crippen LogP contribution >= 0.6 is 31.9 Å². The van der Waals surface area contributed by atoms with Crippen LogP contribution in [-0.2, 0) is 4.79 Å². The van der Waals surface area contributed by atoms with Crippen LogP contribution in [0.4, 0.5) is 0 Å². The number of carboxylic acids is 1. The van der Waals surface area contributed by atoms with E-state index in [1.54, 1.807) is 12.1 Å². The Labute approximate surface area is 121 Å². The van der Waals surface area contributed by atoms with Gasteiger partial charge in [-0.15, -0.1) is 0 Å². The molecule has 0 aliphatic carbocycles. The molecule has 1 aliphatic rings. The van der Waals surface area contributed by atoms with Crippen LogP contribution < -0.4 is 0 Å². The van der Waals surface area contributed by atoms with Crippen molar-refractivity contribution in [3.63, 3.8) is 0 Å². The molecule has 1 amide bonds. The van der Waals surface area contributed by atoms with Crippen molar-refractivity contribution >= 4 is 43.7 Å². The van der Waals surface area contributed by atoms with Gasteiger partial charge in [0.2, 0.25) is 0 Å². The molecule has 96 valence electrons. The van der Waals surface area contributed by atoms with Crippen molar-refractivity contribution in [2.24, 2.45) is 0 Å². The average Bonchev–Trinajstić information content (AvgIpc) is 2.75. The third-order valence-electron chi connectivity index (χ3n) is 2.91. The molecule has 1 aliphatic heterocycles. The van der Waals surface area contributed by atoms with Gasteiger partial charge in [-0.05, 0) is 31.0 Å². The minimum Gasteiger partial charge on any atom is -0.480 e. The van der Waals surface area contributed by atoms with Gasteiger partial charge in [0, 0.05) is 21.1 Å². The van der Waals surface area contributed by atoms with E-state index in [0.717, 1.165) is 15.4 Å². The molecule has 1 N–H and O–H groups in total. The summed E-state index contributed by atoms with van der Waals surface area (Å²) in [5.41, 5.74) is 0.490. The fourth-order valence-corrected chi connectivity index (χ4v) is 3.40. The Balaban J connectivity index is 2.28. The van der Waals surface area contributed by atoms with Gasteiger partial charge in [0.1, 0.15) is 6.04 Å². The molecule has 1 unspecified atom stereocenters. The van der Waals surface area contributed by atoms with Crippen molar-refractivity contribution in [2.75, 3.05) is 6.54 Å². The van der Waals surface area contributed by atoms with E-state index in [4.69, 9.17) is 5.11 Å². The van der Waals surface area contributed by atoms with Gasteiger partial charge in [-0.1, -0.05) is 31.9 Å². The molecule has 1 aromatic rings. The lowest BCUT2D eigenvalue weighted by atomic mass is 10.1. The zero-order valence-corrected chi connectivity index (χ0v) is 12.6. The molecule has 6 heteroatoms. The number of carbonyl (C=O) groups is 2. The quantitative estimate of drug-likeness (QED) is 0.863. The summed E-state index contributed by atoms with van der Waals surface area (Å²) in [4.78, 5) is 24.8. The third kappa shape index (κ3) is 2.75. The highest BCUT2D eigenvalue weighted by Gasteiger charge is 2.34. The first-order valence-corrected chi connectivity index (χ1v) is 7.07. The normalized spacial score (nSPS) is 19.0. The number of nitrogens with zero attached hydrogens (tertiary/aromatic N) is 1. The number of likely N-dealkylation sites (tertiary alicyclic amines) is 1. The molecule has 0 radical (unpaired) electrons. The van der Waals surface area contributed by atoms with Crippen LogP contribution in [0.15, 0.2) is 27.1 Å². The number of hydrogen-bond donors (Lipinski definition) is 1. The standard InChI is InChI=1S/C12H11Br2NO3/c13-8-4-7(5-9(14)6-8)11(16)15-3-1-2-10(15)12(17)18/h4-6,10H,1-3H2,(H,17,18). The molecule has 4 nitrogen and oxygen atoms in total. The highest BCUT2D eigenvalue weighted by atomic mass is 79.9. The molecule has 0 bridgehead atoms. The van der Waals surface area contributed by atoms with Crippen LogP contribution in [0.2, 0.25) is 0 Å². The van der Waals surface area contributed by atoms with E-state index in [1.165, 1.54) is 4.90 Å². The van der Waals surface area contributed by atoms with Gasteiger partial charge < -0.3 is 10.0 Å². The summed E-state index contributed by atoms with van der Waals surface area (Å²) in [6, 6.07) is 4.53. The summed E-state index contributed by atoms with van der Waals surface area (Å²) in [6.45, 7) is 0.500. The van der Waals surface area contributed by atoms with Crippen molar-refractivity contribution < 1.29 is 14.7 Å². The van der Waals surface area contributed by atoms with Crippen molar-refractivity contribution in [2.45, 2.75) is 18.9 Å². The lowest BCUT2D eigenvalue weighted by molar-refractivity contribution is -0.141. The molecule has 0 saturated carbocycles. The third-order valence-corrected chi connectivity index (χ3v) is 3.82. The Hall–Kier alpha value is -0.880. The van der Waals surface area contributed by atoms with Crippen LogP contribution in [0.3, 0.4) is 0 Å². The molecule has 1 atom stereocenters. The lowest BCUT2D eigenvalue weighted by Gasteiger charge is -2.21. The van der Waals surface area contributed by atoms with Crippen molar-refractivity contribution in [1.82, 2.24) is 4.90 Å². The van der Waals surface area contributed by atoms with Crippen LogP contribution in [-0.4, -0.2) is 34.5 Å². The SMILES string of the molecule is O=C(O)C1CCCN1C(=O)c1cc(Br)cc(Br)c1. The first-order valence-electron chi connectivity index (χ1n) is 5.49. The van der Waals surface area contributed by atoms with E-state index in [9.17, 15) is 9.59 Å². The number of carbonyl (C=O) groups excluding carboxylic acids is 1. The Morgan fingerprint density at radius 1 is 1.22 bits per heavy atom. The second kappa shape index (κ2) is 5.40. The van der Waals surface area contributed by atoms with Crippen LogP contribution in [0.25, 0.3) is 0 Å². The van der Waals surface area contributed by atoms with E-state index in [0.29, 0.717) is 18.5 Å². The van der Waals surface area contributed by atoms with Crippen molar-refractivity contribution in [1.29, 1.82) is 0 Å². The smallest absolute Gasteiger partial charge is 0.326 e. The molecule has 1 heterocycles. The maximum absolute atomic E-state index is 12.3. The zero-order chi connectivity index (χ0) is 13.3. The fourth-order valence-electron chi connectivity index (χ4n) is 2.11. The molecule has 1 fully saturated rings. The van der Waals surface area contributed by atoms with E-state index in [1.807, 2.05) is 6.07 Å². The summed E-state index contributed by atoms with van der Waals surface area (Å²) in [5.74, 6) is -1.17. The summed E-state index contributed by atoms with van der Waals surface area (Å²) in [7, 11) is 0. The summed E-state index contributed by atoms with van der Waals surface area (Å²) in [6.07, 6.45) is 1.26. The summed E-state index contributed by atoms with van der Waals surface area (Å²) in [5, 5.41) is 9.08. The lowest BCUT2D eigenvalue weighted by Crippen LogP contribution is -2.40. The summed E-state index contributed by atoms with van der Waals surface area (Å²) >= 11 is 6.63. The number of hydrogen-bond acceptors (Lipinski definition) is 2. The average molecular weight is 377 g/mol. The molecule has 1 aromatic carbocycles. The van der Waals surface area contributed by atoms with E-state index < -0.39 is 12.0 Å². The molecule has 18 heavy (non-hydrogen) atoms. The molecular formula is C12H11Br2NO3. The second-order valence-electron chi connectivity index (χ2n) is 4.15. The van der Waals surface area contributed by atoms with Crippen molar-refractivity contribution in [3.8, 4) is 0 Å². The topological polar surface area (TPSA) is 57.6 Å². The van der Waals surface area contributed by atoms with E-state index in [-0.39, 0.29) is 5.91 Å². The maximum Gasteiger partial charge on any atom is 0.326 e. The van der Waals surface area contributed by atoms with Gasteiger partial charge in [-0.3, -0.25) is 4.79 Å². The van der Waals surface area contributed by atoms with Crippen LogP contribution in [0.1, 0.15) is 23.2 Å². The predicted octanol–water partition coefficient (Wildman–Crippen LogP) is 2.90. The minimum atomic E-state index is -0.935. The van der Waals surface area contributed by atoms with Gasteiger partial charge in [-0.25, -0.2) is 4.79 Å². The zero-order valence-electron chi connectivity index (χ0n) is 9.40. The highest BCUT2D eigenvalue weighted by Crippen LogP contribution is 2.24. The van der Waals surface area contributed by atoms with Crippen LogP contribution in [0, 0.1) is 0 Å². The number of carboxylic acid groups (broad SMARTS) is 1. The number of halogens is 2. The van der Waals surface area contributed by atoms with Gasteiger partial charge in [0.25, 0.3) is 5.91 Å². The number of amides is 1. The number of aliphatic carboxylic acids is 1. The maximum atomic E-state index is 12.3. The predicted molar refractivity (Wildman–Crippen MR) is 73.5 cm³/mol. The summed E-state index contributed by atoms with van der Waals surface area (Å²) < 4.78 is 1.57. The largest absolute Gasteiger partial charge is 0.480 e. The van der Waals surface area contributed by atoms with Gasteiger partial charge in [0.05, 0.1) is 0 Å².